The second kappa shape index (κ2) is 7.69. The van der Waals surface area contributed by atoms with Crippen LogP contribution in [0, 0.1) is 0 Å². The van der Waals surface area contributed by atoms with Crippen molar-refractivity contribution in [3.8, 4) is 11.5 Å². The molecule has 0 radical (unpaired) electrons. The number of benzene rings is 2. The number of sulfonamides is 1. The zero-order valence-corrected chi connectivity index (χ0v) is 17.7. The summed E-state index contributed by atoms with van der Waals surface area (Å²) in [6, 6.07) is 12.3. The van der Waals surface area contributed by atoms with Gasteiger partial charge in [-0.15, -0.1) is 0 Å². The minimum Gasteiger partial charge on any atom is -0.454 e. The number of hydrogen-bond donors (Lipinski definition) is 1. The van der Waals surface area contributed by atoms with E-state index in [0.29, 0.717) is 38.5 Å². The third-order valence-corrected chi connectivity index (χ3v) is 6.12. The van der Waals surface area contributed by atoms with Crippen molar-refractivity contribution in [1.29, 1.82) is 0 Å². The molecule has 1 N–H and O–H groups in total. The van der Waals surface area contributed by atoms with Gasteiger partial charge in [-0.25, -0.2) is 8.42 Å². The first-order chi connectivity index (χ1) is 13.8. The minimum atomic E-state index is -3.38. The molecular weight excluding hydrogens is 432 g/mol. The highest BCUT2D eigenvalue weighted by atomic mass is 32.2. The van der Waals surface area contributed by atoms with E-state index < -0.39 is 10.0 Å². The molecule has 0 bridgehead atoms. The summed E-state index contributed by atoms with van der Waals surface area (Å²) in [7, 11) is -3.38. The molecule has 150 valence electrons. The van der Waals surface area contributed by atoms with Crippen LogP contribution in [-0.4, -0.2) is 36.6 Å². The standard InChI is InChI=1S/C19H16N2O5S3/c1-29(23,24)20-14-4-2-3-12(7-14)9-17-18(22)21(19(27)28-17)10-13-5-6-15-16(8-13)26-11-25-15/h2-9,20H,10-11H2,1H3. The zero-order chi connectivity index (χ0) is 20.6. The summed E-state index contributed by atoms with van der Waals surface area (Å²) in [6.45, 7) is 0.518. The molecule has 2 aliphatic heterocycles. The van der Waals surface area contributed by atoms with Gasteiger partial charge in [0.2, 0.25) is 16.8 Å². The van der Waals surface area contributed by atoms with Crippen molar-refractivity contribution in [2.75, 3.05) is 17.8 Å². The maximum Gasteiger partial charge on any atom is 0.266 e. The molecule has 0 unspecified atom stereocenters. The van der Waals surface area contributed by atoms with Gasteiger partial charge in [-0.3, -0.25) is 14.4 Å². The average Bonchev–Trinajstić information content (AvgIpc) is 3.20. The lowest BCUT2D eigenvalue weighted by atomic mass is 10.1. The van der Waals surface area contributed by atoms with Crippen molar-refractivity contribution < 1.29 is 22.7 Å². The summed E-state index contributed by atoms with van der Waals surface area (Å²) < 4.78 is 36.4. The number of hydrogen-bond acceptors (Lipinski definition) is 7. The number of fused-ring (bicyclic) bond motifs is 1. The number of ether oxygens (including phenoxy) is 2. The van der Waals surface area contributed by atoms with Crippen LogP contribution in [0.3, 0.4) is 0 Å². The van der Waals surface area contributed by atoms with Gasteiger partial charge in [-0.2, -0.15) is 0 Å². The molecular formula is C19H16N2O5S3. The lowest BCUT2D eigenvalue weighted by Crippen LogP contribution is -2.27. The predicted molar refractivity (Wildman–Crippen MR) is 116 cm³/mol. The molecule has 0 aromatic heterocycles. The summed E-state index contributed by atoms with van der Waals surface area (Å²) >= 11 is 6.60. The van der Waals surface area contributed by atoms with Gasteiger partial charge in [-0.1, -0.05) is 42.2 Å². The minimum absolute atomic E-state index is 0.190. The summed E-state index contributed by atoms with van der Waals surface area (Å²) in [6.07, 6.45) is 2.79. The van der Waals surface area contributed by atoms with Crippen LogP contribution in [0.25, 0.3) is 6.08 Å². The molecule has 29 heavy (non-hydrogen) atoms. The third kappa shape index (κ3) is 4.55. The fraction of sp³-hybridized carbons (Fsp3) is 0.158. The molecule has 0 saturated carbocycles. The van der Waals surface area contributed by atoms with Crippen molar-refractivity contribution in [2.45, 2.75) is 6.54 Å². The molecule has 1 fully saturated rings. The monoisotopic (exact) mass is 448 g/mol. The van der Waals surface area contributed by atoms with Crippen LogP contribution in [-0.2, 0) is 21.4 Å². The Hall–Kier alpha value is -2.56. The summed E-state index contributed by atoms with van der Waals surface area (Å²) in [5.74, 6) is 1.14. The number of thiocarbonyl (C=S) groups is 1. The lowest BCUT2D eigenvalue weighted by Gasteiger charge is -2.14. The van der Waals surface area contributed by atoms with E-state index in [9.17, 15) is 13.2 Å². The highest BCUT2D eigenvalue weighted by Crippen LogP contribution is 2.36. The van der Waals surface area contributed by atoms with E-state index in [-0.39, 0.29) is 12.7 Å². The van der Waals surface area contributed by atoms with Gasteiger partial charge in [-0.05, 0) is 41.5 Å². The van der Waals surface area contributed by atoms with E-state index in [1.807, 2.05) is 18.2 Å². The Balaban J connectivity index is 1.53. The SMILES string of the molecule is CS(=O)(=O)Nc1cccc(C=C2SC(=S)N(Cc3ccc4c(c3)OCO4)C2=O)c1. The van der Waals surface area contributed by atoms with E-state index in [2.05, 4.69) is 4.72 Å². The van der Waals surface area contributed by atoms with Gasteiger partial charge in [0, 0.05) is 5.69 Å². The van der Waals surface area contributed by atoms with E-state index >= 15 is 0 Å². The Morgan fingerprint density at radius 1 is 1.21 bits per heavy atom. The largest absolute Gasteiger partial charge is 0.454 e. The van der Waals surface area contributed by atoms with Crippen LogP contribution in [0.4, 0.5) is 5.69 Å². The Morgan fingerprint density at radius 3 is 2.79 bits per heavy atom. The number of anilines is 1. The number of nitrogens with zero attached hydrogens (tertiary/aromatic N) is 1. The number of carbonyl (C=O) groups is 1. The smallest absolute Gasteiger partial charge is 0.266 e. The summed E-state index contributed by atoms with van der Waals surface area (Å²) in [4.78, 5) is 14.9. The van der Waals surface area contributed by atoms with Gasteiger partial charge in [0.25, 0.3) is 5.91 Å². The molecule has 2 heterocycles. The fourth-order valence-corrected chi connectivity index (χ4v) is 4.73. The predicted octanol–water partition coefficient (Wildman–Crippen LogP) is 3.19. The van der Waals surface area contributed by atoms with Crippen LogP contribution in [0.1, 0.15) is 11.1 Å². The summed E-state index contributed by atoms with van der Waals surface area (Å²) in [5.41, 5.74) is 2.01. The van der Waals surface area contributed by atoms with Gasteiger partial charge in [0.15, 0.2) is 11.5 Å². The Bertz CT molecular complexity index is 1140. The number of carbonyl (C=O) groups excluding carboxylic acids is 1. The van der Waals surface area contributed by atoms with E-state index in [4.69, 9.17) is 21.7 Å². The molecule has 0 aliphatic carbocycles. The average molecular weight is 449 g/mol. The molecule has 2 aromatic rings. The van der Waals surface area contributed by atoms with Crippen molar-refractivity contribution in [3.05, 3.63) is 58.5 Å². The molecule has 1 amide bonds. The van der Waals surface area contributed by atoms with Gasteiger partial charge in [0.1, 0.15) is 4.32 Å². The van der Waals surface area contributed by atoms with Gasteiger partial charge >= 0.3 is 0 Å². The first-order valence-electron chi connectivity index (χ1n) is 8.50. The third-order valence-electron chi connectivity index (χ3n) is 4.14. The van der Waals surface area contributed by atoms with Crippen molar-refractivity contribution in [1.82, 2.24) is 4.90 Å². The Labute approximate surface area is 177 Å². The van der Waals surface area contributed by atoms with Gasteiger partial charge < -0.3 is 9.47 Å². The molecule has 10 heteroatoms. The van der Waals surface area contributed by atoms with Crippen molar-refractivity contribution in [3.63, 3.8) is 0 Å². The van der Waals surface area contributed by atoms with Crippen LogP contribution in [0.2, 0.25) is 0 Å². The maximum atomic E-state index is 12.9. The molecule has 1 saturated heterocycles. The van der Waals surface area contributed by atoms with Crippen LogP contribution < -0.4 is 14.2 Å². The molecule has 2 aliphatic rings. The van der Waals surface area contributed by atoms with Crippen LogP contribution in [0.15, 0.2) is 47.4 Å². The van der Waals surface area contributed by atoms with E-state index in [1.165, 1.54) is 16.7 Å². The first kappa shape index (κ1) is 19.7. The molecule has 0 atom stereocenters. The topological polar surface area (TPSA) is 84.9 Å². The Kier molecular flexibility index (Phi) is 5.24. The van der Waals surface area contributed by atoms with Crippen LogP contribution >= 0.6 is 24.0 Å². The molecule has 7 nitrogen and oxygen atoms in total. The van der Waals surface area contributed by atoms with Gasteiger partial charge in [0.05, 0.1) is 17.7 Å². The quantitative estimate of drug-likeness (QED) is 0.555. The maximum absolute atomic E-state index is 12.9. The number of rotatable bonds is 5. The number of thioether (sulfide) groups is 1. The first-order valence-corrected chi connectivity index (χ1v) is 11.6. The van der Waals surface area contributed by atoms with E-state index in [0.717, 1.165) is 11.8 Å². The molecule has 0 spiro atoms. The number of amides is 1. The van der Waals surface area contributed by atoms with E-state index in [1.54, 1.807) is 30.3 Å². The second-order valence-electron chi connectivity index (χ2n) is 6.46. The second-order valence-corrected chi connectivity index (χ2v) is 9.88. The molecule has 4 rings (SSSR count). The van der Waals surface area contributed by atoms with Crippen LogP contribution in [0.5, 0.6) is 11.5 Å². The molecule has 2 aromatic carbocycles. The highest BCUT2D eigenvalue weighted by molar-refractivity contribution is 8.26. The normalized spacial score (nSPS) is 17.3. The highest BCUT2D eigenvalue weighted by Gasteiger charge is 2.32. The fourth-order valence-electron chi connectivity index (χ4n) is 2.92. The zero-order valence-electron chi connectivity index (χ0n) is 15.2. The summed E-state index contributed by atoms with van der Waals surface area (Å²) in [5, 5.41) is 0. The Morgan fingerprint density at radius 2 is 2.00 bits per heavy atom. The number of nitrogens with one attached hydrogen (secondary N) is 1. The van der Waals surface area contributed by atoms with Crippen molar-refractivity contribution in [2.24, 2.45) is 0 Å². The lowest BCUT2D eigenvalue weighted by molar-refractivity contribution is -0.122. The van der Waals surface area contributed by atoms with Crippen molar-refractivity contribution >= 4 is 56.0 Å².